The van der Waals surface area contributed by atoms with Gasteiger partial charge in [-0.2, -0.15) is 22.0 Å². The average molecular weight is 567 g/mol. The summed E-state index contributed by atoms with van der Waals surface area (Å²) >= 11 is 0. The van der Waals surface area contributed by atoms with Gasteiger partial charge in [0.1, 0.15) is 17.4 Å². The van der Waals surface area contributed by atoms with Crippen LogP contribution in [0.15, 0.2) is 36.4 Å². The lowest BCUT2D eigenvalue weighted by Gasteiger charge is -2.36. The molecule has 5 rings (SSSR count). The number of benzene rings is 3. The molecule has 0 bridgehead atoms. The molecular formula is C31H26F8O. The number of ether oxygens (including phenoxy) is 1. The molecule has 2 aliphatic rings. The highest BCUT2D eigenvalue weighted by Gasteiger charge is 2.37. The molecule has 0 aliphatic heterocycles. The van der Waals surface area contributed by atoms with Gasteiger partial charge in [-0.05, 0) is 90.6 Å². The van der Waals surface area contributed by atoms with Crippen LogP contribution in [0.5, 0.6) is 5.75 Å². The molecule has 3 aromatic rings. The Bertz CT molecular complexity index is 1490. The van der Waals surface area contributed by atoms with Crippen molar-refractivity contribution in [2.45, 2.75) is 64.2 Å². The predicted molar refractivity (Wildman–Crippen MR) is 134 cm³/mol. The van der Waals surface area contributed by atoms with Crippen LogP contribution < -0.4 is 4.74 Å². The number of hydrogen-bond donors (Lipinski definition) is 0. The van der Waals surface area contributed by atoms with Crippen LogP contribution in [0.1, 0.15) is 61.3 Å². The highest BCUT2D eigenvalue weighted by molar-refractivity contribution is 5.87. The molecule has 1 atom stereocenters. The van der Waals surface area contributed by atoms with Crippen molar-refractivity contribution in [3.63, 3.8) is 0 Å². The maximum Gasteiger partial charge on any atom is 0.458 e. The van der Waals surface area contributed by atoms with Gasteiger partial charge < -0.3 is 4.74 Å². The lowest BCUT2D eigenvalue weighted by molar-refractivity contribution is -0.185. The van der Waals surface area contributed by atoms with Crippen molar-refractivity contribution in [2.24, 2.45) is 17.8 Å². The summed E-state index contributed by atoms with van der Waals surface area (Å²) in [5.74, 6) is -1.30. The quantitative estimate of drug-likeness (QED) is 0.226. The van der Waals surface area contributed by atoms with Gasteiger partial charge in [0.25, 0.3) is 0 Å². The Morgan fingerprint density at radius 1 is 0.800 bits per heavy atom. The molecular weight excluding hydrogens is 540 g/mol. The first kappa shape index (κ1) is 28.3. The average Bonchev–Trinajstić information content (AvgIpc) is 2.87. The van der Waals surface area contributed by atoms with Gasteiger partial charge in [-0.1, -0.05) is 31.8 Å². The molecule has 1 saturated carbocycles. The molecule has 0 aromatic heterocycles. The molecule has 0 heterocycles. The molecule has 1 fully saturated rings. The van der Waals surface area contributed by atoms with Gasteiger partial charge in [-0.25, -0.2) is 13.2 Å². The van der Waals surface area contributed by atoms with E-state index in [1.807, 2.05) is 0 Å². The first-order chi connectivity index (χ1) is 18.8. The largest absolute Gasteiger partial charge is 0.458 e. The Kier molecular flexibility index (Phi) is 7.49. The monoisotopic (exact) mass is 566 g/mol. The maximum atomic E-state index is 15.2. The van der Waals surface area contributed by atoms with Crippen LogP contribution in [0.25, 0.3) is 10.8 Å². The molecule has 0 amide bonds. The van der Waals surface area contributed by atoms with Gasteiger partial charge in [0.2, 0.25) is 0 Å². The first-order valence-corrected chi connectivity index (χ1v) is 13.2. The number of hydrogen-bond acceptors (Lipinski definition) is 1. The smallest absolute Gasteiger partial charge is 0.429 e. The van der Waals surface area contributed by atoms with E-state index in [1.165, 1.54) is 43.7 Å². The minimum absolute atomic E-state index is 0.438. The number of aryl methyl sites for hydroxylation is 1. The summed E-state index contributed by atoms with van der Waals surface area (Å²) < 4.78 is 116. The summed E-state index contributed by atoms with van der Waals surface area (Å²) in [6.07, 6.45) is -1.65. The summed E-state index contributed by atoms with van der Waals surface area (Å²) in [6.45, 7) is 2.27. The lowest BCUT2D eigenvalue weighted by Crippen LogP contribution is -2.27. The standard InChI is InChI=1S/C31H26F8O/c1-17-2-4-18(5-3-17)19-6-7-21-13-23(9-8-20(21)12-19)31(38,39)40-24-14-22-15-26(32)25(10-11-30(35,36)37)29(34)28(22)27(33)16-24/h8-9,13-19H,2-7,12H2,1H3. The highest BCUT2D eigenvalue weighted by Crippen LogP contribution is 2.41. The minimum Gasteiger partial charge on any atom is -0.429 e. The Morgan fingerprint density at radius 3 is 2.23 bits per heavy atom. The normalized spacial score (nSPS) is 21.5. The van der Waals surface area contributed by atoms with Gasteiger partial charge in [-0.3, -0.25) is 0 Å². The zero-order valence-electron chi connectivity index (χ0n) is 21.6. The SMILES string of the molecule is CC1CCC(C2CCc3cc(C(F)(F)Oc4cc(F)c5c(F)c(C#CC(F)(F)F)c(F)cc5c4)ccc3C2)CC1. The minimum atomic E-state index is -5.03. The van der Waals surface area contributed by atoms with Crippen molar-refractivity contribution in [1.29, 1.82) is 0 Å². The highest BCUT2D eigenvalue weighted by atomic mass is 19.4. The molecule has 0 saturated heterocycles. The van der Waals surface area contributed by atoms with Crippen LogP contribution in [-0.2, 0) is 19.0 Å². The van der Waals surface area contributed by atoms with Gasteiger partial charge in [0.05, 0.1) is 16.5 Å². The van der Waals surface area contributed by atoms with Crippen LogP contribution in [0.3, 0.4) is 0 Å². The second-order valence-corrected chi connectivity index (χ2v) is 10.9. The number of alkyl halides is 5. The summed E-state index contributed by atoms with van der Waals surface area (Å²) in [6, 6.07) is 6.13. The molecule has 2 aliphatic carbocycles. The Labute approximate surface area is 226 Å². The van der Waals surface area contributed by atoms with Gasteiger partial charge in [0.15, 0.2) is 5.82 Å². The van der Waals surface area contributed by atoms with Crippen molar-refractivity contribution in [2.75, 3.05) is 0 Å². The summed E-state index contributed by atoms with van der Waals surface area (Å²) in [5.41, 5.74) is 0.118. The van der Waals surface area contributed by atoms with Gasteiger partial charge >= 0.3 is 12.3 Å². The summed E-state index contributed by atoms with van der Waals surface area (Å²) in [5, 5.41) is -1.40. The van der Waals surface area contributed by atoms with Crippen LogP contribution in [0.4, 0.5) is 35.1 Å². The zero-order valence-corrected chi connectivity index (χ0v) is 21.6. The number of rotatable bonds is 4. The van der Waals surface area contributed by atoms with Crippen molar-refractivity contribution in [3.8, 4) is 17.6 Å². The molecule has 0 N–H and O–H groups in total. The molecule has 0 spiro atoms. The van der Waals surface area contributed by atoms with E-state index in [-0.39, 0.29) is 0 Å². The van der Waals surface area contributed by atoms with E-state index in [9.17, 15) is 26.3 Å². The number of halogens is 8. The van der Waals surface area contributed by atoms with E-state index in [4.69, 9.17) is 4.74 Å². The maximum absolute atomic E-state index is 15.2. The van der Waals surface area contributed by atoms with Crippen LogP contribution >= 0.6 is 0 Å². The summed E-state index contributed by atoms with van der Waals surface area (Å²) in [4.78, 5) is 0. The second kappa shape index (κ2) is 10.6. The molecule has 9 heteroatoms. The van der Waals surface area contributed by atoms with E-state index in [0.717, 1.165) is 41.9 Å². The second-order valence-electron chi connectivity index (χ2n) is 10.9. The van der Waals surface area contributed by atoms with Gasteiger partial charge in [-0.15, -0.1) is 0 Å². The third-order valence-electron chi connectivity index (χ3n) is 8.17. The molecule has 1 nitrogen and oxygen atoms in total. The predicted octanol–water partition coefficient (Wildman–Crippen LogP) is 9.23. The van der Waals surface area contributed by atoms with Crippen LogP contribution in [0, 0.1) is 47.0 Å². The Hall–Kier alpha value is -3.28. The topological polar surface area (TPSA) is 9.23 Å². The summed E-state index contributed by atoms with van der Waals surface area (Å²) in [7, 11) is 0. The molecule has 1 unspecified atom stereocenters. The first-order valence-electron chi connectivity index (χ1n) is 13.2. The Balaban J connectivity index is 1.37. The van der Waals surface area contributed by atoms with E-state index in [2.05, 4.69) is 6.92 Å². The third kappa shape index (κ3) is 5.91. The lowest BCUT2D eigenvalue weighted by atomic mass is 9.70. The number of fused-ring (bicyclic) bond motifs is 2. The van der Waals surface area contributed by atoms with Crippen LogP contribution in [0.2, 0.25) is 0 Å². The fraction of sp³-hybridized carbons (Fsp3) is 0.419. The molecule has 3 aromatic carbocycles. The fourth-order valence-corrected chi connectivity index (χ4v) is 6.02. The van der Waals surface area contributed by atoms with E-state index in [1.54, 1.807) is 6.07 Å². The van der Waals surface area contributed by atoms with E-state index in [0.29, 0.717) is 30.4 Å². The molecule has 0 radical (unpaired) electrons. The molecule has 212 valence electrons. The van der Waals surface area contributed by atoms with Crippen molar-refractivity contribution in [1.82, 2.24) is 0 Å². The Morgan fingerprint density at radius 2 is 1.52 bits per heavy atom. The zero-order chi connectivity index (χ0) is 28.8. The fourth-order valence-electron chi connectivity index (χ4n) is 6.02. The third-order valence-corrected chi connectivity index (χ3v) is 8.17. The van der Waals surface area contributed by atoms with Crippen molar-refractivity contribution < 1.29 is 39.9 Å². The van der Waals surface area contributed by atoms with E-state index >= 15 is 8.78 Å². The van der Waals surface area contributed by atoms with E-state index < -0.39 is 57.4 Å². The molecule has 40 heavy (non-hydrogen) atoms. The van der Waals surface area contributed by atoms with Crippen molar-refractivity contribution in [3.05, 3.63) is 76.1 Å². The van der Waals surface area contributed by atoms with Gasteiger partial charge in [0, 0.05) is 12.0 Å². The van der Waals surface area contributed by atoms with Crippen LogP contribution in [-0.4, -0.2) is 6.18 Å². The van der Waals surface area contributed by atoms with Crippen molar-refractivity contribution >= 4 is 10.8 Å².